The van der Waals surface area contributed by atoms with Gasteiger partial charge in [0.2, 0.25) is 0 Å². The lowest BCUT2D eigenvalue weighted by Crippen LogP contribution is -2.51. The van der Waals surface area contributed by atoms with E-state index in [4.69, 9.17) is 11.6 Å². The molecule has 5 rings (SSSR count). The molecule has 12 heteroatoms. The van der Waals surface area contributed by atoms with Gasteiger partial charge in [0.1, 0.15) is 0 Å². The van der Waals surface area contributed by atoms with Crippen molar-refractivity contribution in [1.82, 2.24) is 18.8 Å². The van der Waals surface area contributed by atoms with Crippen LogP contribution in [0.15, 0.2) is 66.7 Å². The zero-order valence-corrected chi connectivity index (χ0v) is 27.3. The summed E-state index contributed by atoms with van der Waals surface area (Å²) >= 11 is 6.50. The Morgan fingerprint density at radius 3 is 2.13 bits per heavy atom. The van der Waals surface area contributed by atoms with Crippen LogP contribution in [0.2, 0.25) is 5.02 Å². The minimum Gasteiger partial charge on any atom is -0.335 e. The molecule has 0 radical (unpaired) electrons. The van der Waals surface area contributed by atoms with Crippen molar-refractivity contribution in [2.24, 2.45) is 0 Å². The summed E-state index contributed by atoms with van der Waals surface area (Å²) in [6.07, 6.45) is 5.54. The molecule has 0 spiro atoms. The van der Waals surface area contributed by atoms with E-state index in [9.17, 15) is 18.0 Å². The maximum Gasteiger partial charge on any atom is 0.319 e. The molecular weight excluding hydrogens is 612 g/mol. The fourth-order valence-electron chi connectivity index (χ4n) is 5.73. The number of anilines is 2. The van der Waals surface area contributed by atoms with Gasteiger partial charge in [0.05, 0.1) is 0 Å². The molecule has 3 amide bonds. The highest BCUT2D eigenvalue weighted by molar-refractivity contribution is 7.86. The van der Waals surface area contributed by atoms with E-state index in [-0.39, 0.29) is 18.0 Å². The molecule has 3 N–H and O–H groups in total. The summed E-state index contributed by atoms with van der Waals surface area (Å²) in [5.41, 5.74) is 4.51. The van der Waals surface area contributed by atoms with Gasteiger partial charge in [0.15, 0.2) is 0 Å². The molecule has 0 atom stereocenters. The second kappa shape index (κ2) is 14.7. The molecule has 3 aromatic carbocycles. The molecule has 1 heterocycles. The van der Waals surface area contributed by atoms with Gasteiger partial charge < -0.3 is 16.0 Å². The van der Waals surface area contributed by atoms with Crippen molar-refractivity contribution in [3.63, 3.8) is 0 Å². The molecule has 1 saturated carbocycles. The second-order valence-corrected chi connectivity index (χ2v) is 14.4. The average molecular weight is 653 g/mol. The molecule has 0 bridgehead atoms. The molecule has 1 aliphatic heterocycles. The number of halogens is 1. The first kappa shape index (κ1) is 32.9. The molecule has 2 fully saturated rings. The van der Waals surface area contributed by atoms with Gasteiger partial charge in [-0.05, 0) is 66.4 Å². The van der Waals surface area contributed by atoms with E-state index in [0.717, 1.165) is 42.4 Å². The minimum atomic E-state index is -3.39. The van der Waals surface area contributed by atoms with Crippen LogP contribution < -0.4 is 16.0 Å². The van der Waals surface area contributed by atoms with Crippen LogP contribution in [0.4, 0.5) is 16.2 Å². The quantitative estimate of drug-likeness (QED) is 0.277. The second-order valence-electron chi connectivity index (χ2n) is 11.8. The molecule has 45 heavy (non-hydrogen) atoms. The number of benzene rings is 3. The predicted molar refractivity (Wildman–Crippen MR) is 180 cm³/mol. The third kappa shape index (κ3) is 8.62. The van der Waals surface area contributed by atoms with Gasteiger partial charge >= 0.3 is 6.03 Å². The zero-order valence-electron chi connectivity index (χ0n) is 25.8. The normalized spacial score (nSPS) is 16.8. The summed E-state index contributed by atoms with van der Waals surface area (Å²) in [6.45, 7) is 2.93. The topological polar surface area (TPSA) is 114 Å². The van der Waals surface area contributed by atoms with Crippen molar-refractivity contribution in [3.05, 3.63) is 82.9 Å². The number of hydrogen-bond acceptors (Lipinski definition) is 5. The van der Waals surface area contributed by atoms with E-state index in [0.29, 0.717) is 54.7 Å². The number of carbonyl (C=O) groups excluding carboxylic acids is 2. The number of piperazine rings is 1. The summed E-state index contributed by atoms with van der Waals surface area (Å²) in [5.74, 6) is -0.228. The van der Waals surface area contributed by atoms with Crippen molar-refractivity contribution < 1.29 is 18.0 Å². The van der Waals surface area contributed by atoms with Gasteiger partial charge in [-0.2, -0.15) is 17.0 Å². The standard InChI is InChI=1S/C33H41ClN6O4S/c1-38(2)45(43,44)40-20-18-39(19-21-40)23-24-8-14-28(15-9-24)35-32(41)26-12-10-25(11-13-26)30-22-29(16-17-31(30)34)37-33(42)36-27-6-4-3-5-7-27/h8-17,22,27H,3-7,18-21,23H2,1-2H3,(H,35,41)(H2,36,37,42). The van der Waals surface area contributed by atoms with Crippen LogP contribution >= 0.6 is 11.6 Å². The monoisotopic (exact) mass is 652 g/mol. The lowest BCUT2D eigenvalue weighted by atomic mass is 9.96. The van der Waals surface area contributed by atoms with E-state index in [1.807, 2.05) is 42.5 Å². The summed E-state index contributed by atoms with van der Waals surface area (Å²) in [4.78, 5) is 27.7. The first-order chi connectivity index (χ1) is 21.6. The van der Waals surface area contributed by atoms with E-state index < -0.39 is 10.2 Å². The summed E-state index contributed by atoms with van der Waals surface area (Å²) in [6, 6.07) is 20.2. The Labute approximate surface area is 270 Å². The smallest absolute Gasteiger partial charge is 0.319 e. The predicted octanol–water partition coefficient (Wildman–Crippen LogP) is 5.64. The van der Waals surface area contributed by atoms with E-state index >= 15 is 0 Å². The van der Waals surface area contributed by atoms with Gasteiger partial charge in [0.25, 0.3) is 16.1 Å². The Bertz CT molecular complexity index is 1580. The summed E-state index contributed by atoms with van der Waals surface area (Å²) in [5, 5.41) is 9.47. The van der Waals surface area contributed by atoms with Crippen LogP contribution in [0, 0.1) is 0 Å². The third-order valence-electron chi connectivity index (χ3n) is 8.36. The fourth-order valence-corrected chi connectivity index (χ4v) is 7.04. The van der Waals surface area contributed by atoms with Crippen molar-refractivity contribution in [2.45, 2.75) is 44.7 Å². The van der Waals surface area contributed by atoms with Gasteiger partial charge in [-0.3, -0.25) is 9.69 Å². The van der Waals surface area contributed by atoms with Gasteiger partial charge in [-0.25, -0.2) is 4.79 Å². The SMILES string of the molecule is CN(C)S(=O)(=O)N1CCN(Cc2ccc(NC(=O)c3ccc(-c4cc(NC(=O)NC5CCCCC5)ccc4Cl)cc3)cc2)CC1. The number of hydrogen-bond donors (Lipinski definition) is 3. The van der Waals surface area contributed by atoms with Gasteiger partial charge in [0, 0.05) is 80.4 Å². The molecule has 3 aromatic rings. The highest BCUT2D eigenvalue weighted by Crippen LogP contribution is 2.31. The average Bonchev–Trinajstić information content (AvgIpc) is 3.03. The van der Waals surface area contributed by atoms with Crippen LogP contribution in [0.1, 0.15) is 48.0 Å². The molecule has 1 saturated heterocycles. The molecule has 1 aliphatic carbocycles. The Balaban J connectivity index is 1.13. The maximum absolute atomic E-state index is 13.0. The molecular formula is C33H41ClN6O4S. The number of carbonyl (C=O) groups is 2. The van der Waals surface area contributed by atoms with Crippen LogP contribution in [0.3, 0.4) is 0 Å². The Morgan fingerprint density at radius 2 is 1.49 bits per heavy atom. The molecule has 0 aromatic heterocycles. The largest absolute Gasteiger partial charge is 0.335 e. The van der Waals surface area contributed by atoms with Crippen LogP contribution in [-0.2, 0) is 16.8 Å². The Hall–Kier alpha value is -3.48. The highest BCUT2D eigenvalue weighted by atomic mass is 35.5. The van der Waals surface area contributed by atoms with Crippen LogP contribution in [-0.4, -0.2) is 80.2 Å². The van der Waals surface area contributed by atoms with Crippen molar-refractivity contribution in [2.75, 3.05) is 50.9 Å². The number of urea groups is 1. The number of amides is 3. The molecule has 10 nitrogen and oxygen atoms in total. The Morgan fingerprint density at radius 1 is 0.844 bits per heavy atom. The first-order valence-electron chi connectivity index (χ1n) is 15.4. The molecule has 0 unspecified atom stereocenters. The van der Waals surface area contributed by atoms with E-state index in [2.05, 4.69) is 20.9 Å². The van der Waals surface area contributed by atoms with E-state index in [1.165, 1.54) is 15.0 Å². The Kier molecular flexibility index (Phi) is 10.8. The fraction of sp³-hybridized carbons (Fsp3) is 0.394. The summed E-state index contributed by atoms with van der Waals surface area (Å²) in [7, 11) is -0.290. The lowest BCUT2D eigenvalue weighted by Gasteiger charge is -2.35. The highest BCUT2D eigenvalue weighted by Gasteiger charge is 2.28. The first-order valence-corrected chi connectivity index (χ1v) is 17.1. The maximum atomic E-state index is 13.0. The summed E-state index contributed by atoms with van der Waals surface area (Å²) < 4.78 is 27.5. The minimum absolute atomic E-state index is 0.214. The number of nitrogens with zero attached hydrogens (tertiary/aromatic N) is 3. The zero-order chi connectivity index (χ0) is 32.0. The molecule has 240 valence electrons. The lowest BCUT2D eigenvalue weighted by molar-refractivity contribution is 0.102. The van der Waals surface area contributed by atoms with Crippen molar-refractivity contribution in [1.29, 1.82) is 0 Å². The van der Waals surface area contributed by atoms with Crippen molar-refractivity contribution >= 4 is 45.1 Å². The number of nitrogens with one attached hydrogen (secondary N) is 3. The van der Waals surface area contributed by atoms with Gasteiger partial charge in [-0.15, -0.1) is 0 Å². The third-order valence-corrected chi connectivity index (χ3v) is 10.6. The molecule has 2 aliphatic rings. The van der Waals surface area contributed by atoms with Crippen molar-refractivity contribution in [3.8, 4) is 11.1 Å². The van der Waals surface area contributed by atoms with Crippen LogP contribution in [0.5, 0.6) is 0 Å². The van der Waals surface area contributed by atoms with Crippen LogP contribution in [0.25, 0.3) is 11.1 Å². The number of rotatable bonds is 9. The van der Waals surface area contributed by atoms with E-state index in [1.54, 1.807) is 38.4 Å². The van der Waals surface area contributed by atoms with Gasteiger partial charge in [-0.1, -0.05) is 55.1 Å².